The highest BCUT2D eigenvalue weighted by Gasteiger charge is 2.10. The van der Waals surface area contributed by atoms with Gasteiger partial charge in [-0.15, -0.1) is 0 Å². The number of aryl methyl sites for hydroxylation is 1. The maximum absolute atomic E-state index is 11.3. The van der Waals surface area contributed by atoms with Crippen molar-refractivity contribution < 1.29 is 4.79 Å². The third kappa shape index (κ3) is 3.46. The number of para-hydroxylation sites is 1. The average molecular weight is 302 g/mol. The standard InChI is InChI=1S/C20H18N2O/c1-15-8-11-17(12-9-15)20-18(13-10-16(2)23)14-22(21-20)19-6-4-3-5-7-19/h3-14H,1-2H3/b13-10+. The molecule has 0 aliphatic heterocycles. The first-order chi connectivity index (χ1) is 11.1. The summed E-state index contributed by atoms with van der Waals surface area (Å²) in [5, 5.41) is 4.71. The van der Waals surface area contributed by atoms with Gasteiger partial charge in [-0.25, -0.2) is 4.68 Å². The Labute approximate surface area is 135 Å². The average Bonchev–Trinajstić information content (AvgIpc) is 2.99. The first-order valence-corrected chi connectivity index (χ1v) is 7.54. The summed E-state index contributed by atoms with van der Waals surface area (Å²) in [6.07, 6.45) is 5.35. The molecular weight excluding hydrogens is 284 g/mol. The first kappa shape index (κ1) is 15.0. The Hall–Kier alpha value is -2.94. The van der Waals surface area contributed by atoms with Crippen LogP contribution in [-0.2, 0) is 4.79 Å². The largest absolute Gasteiger partial charge is 0.295 e. The van der Waals surface area contributed by atoms with E-state index in [1.54, 1.807) is 13.0 Å². The fourth-order valence-corrected chi connectivity index (χ4v) is 2.37. The van der Waals surface area contributed by atoms with Crippen LogP contribution in [0.25, 0.3) is 23.0 Å². The van der Waals surface area contributed by atoms with Crippen molar-refractivity contribution in [1.82, 2.24) is 9.78 Å². The van der Waals surface area contributed by atoms with Crippen LogP contribution in [0.3, 0.4) is 0 Å². The molecule has 0 saturated heterocycles. The van der Waals surface area contributed by atoms with Crippen LogP contribution < -0.4 is 0 Å². The van der Waals surface area contributed by atoms with Gasteiger partial charge in [-0.1, -0.05) is 48.0 Å². The Morgan fingerprint density at radius 2 is 1.74 bits per heavy atom. The van der Waals surface area contributed by atoms with Crippen molar-refractivity contribution >= 4 is 11.9 Å². The summed E-state index contributed by atoms with van der Waals surface area (Å²) in [6, 6.07) is 18.2. The number of aromatic nitrogens is 2. The van der Waals surface area contributed by atoms with Crippen molar-refractivity contribution in [3.63, 3.8) is 0 Å². The number of carbonyl (C=O) groups excluding carboxylic acids is 1. The minimum atomic E-state index is 0.0207. The minimum absolute atomic E-state index is 0.0207. The van der Waals surface area contributed by atoms with E-state index in [0.717, 1.165) is 22.5 Å². The van der Waals surface area contributed by atoms with Gasteiger partial charge < -0.3 is 0 Å². The van der Waals surface area contributed by atoms with Crippen LogP contribution in [0.5, 0.6) is 0 Å². The lowest BCUT2D eigenvalue weighted by Gasteiger charge is -2.01. The van der Waals surface area contributed by atoms with Gasteiger partial charge in [0.05, 0.1) is 11.4 Å². The SMILES string of the molecule is CC(=O)/C=C/c1cn(-c2ccccc2)nc1-c1ccc(C)cc1. The van der Waals surface area contributed by atoms with Crippen molar-refractivity contribution in [3.8, 4) is 16.9 Å². The van der Waals surface area contributed by atoms with E-state index in [1.165, 1.54) is 5.56 Å². The molecule has 0 unspecified atom stereocenters. The molecule has 0 atom stereocenters. The smallest absolute Gasteiger partial charge is 0.152 e. The van der Waals surface area contributed by atoms with E-state index in [4.69, 9.17) is 5.10 Å². The quantitative estimate of drug-likeness (QED) is 0.667. The zero-order valence-electron chi connectivity index (χ0n) is 13.2. The number of rotatable bonds is 4. The van der Waals surface area contributed by atoms with Crippen LogP contribution in [0.1, 0.15) is 18.1 Å². The van der Waals surface area contributed by atoms with E-state index < -0.39 is 0 Å². The number of ketones is 1. The van der Waals surface area contributed by atoms with Gasteiger partial charge in [0.2, 0.25) is 0 Å². The zero-order chi connectivity index (χ0) is 16.2. The van der Waals surface area contributed by atoms with E-state index >= 15 is 0 Å². The molecule has 0 fully saturated rings. The topological polar surface area (TPSA) is 34.9 Å². The molecule has 2 aromatic carbocycles. The maximum atomic E-state index is 11.3. The second-order valence-electron chi connectivity index (χ2n) is 5.52. The van der Waals surface area contributed by atoms with Gasteiger partial charge in [0.15, 0.2) is 5.78 Å². The lowest BCUT2D eigenvalue weighted by atomic mass is 10.1. The Morgan fingerprint density at radius 3 is 2.39 bits per heavy atom. The fraction of sp³-hybridized carbons (Fsp3) is 0.100. The maximum Gasteiger partial charge on any atom is 0.152 e. The lowest BCUT2D eigenvalue weighted by molar-refractivity contribution is -0.112. The molecule has 23 heavy (non-hydrogen) atoms. The van der Waals surface area contributed by atoms with E-state index in [9.17, 15) is 4.79 Å². The Balaban J connectivity index is 2.10. The molecule has 114 valence electrons. The third-order valence-electron chi connectivity index (χ3n) is 3.59. The van der Waals surface area contributed by atoms with Gasteiger partial charge in [-0.05, 0) is 38.1 Å². The summed E-state index contributed by atoms with van der Waals surface area (Å²) in [4.78, 5) is 11.3. The zero-order valence-corrected chi connectivity index (χ0v) is 13.2. The monoisotopic (exact) mass is 302 g/mol. The van der Waals surface area contributed by atoms with Crippen LogP contribution in [0.4, 0.5) is 0 Å². The van der Waals surface area contributed by atoms with E-state index in [0.29, 0.717) is 0 Å². The summed E-state index contributed by atoms with van der Waals surface area (Å²) >= 11 is 0. The molecule has 3 heteroatoms. The van der Waals surface area contributed by atoms with Gasteiger partial charge in [0.1, 0.15) is 0 Å². The van der Waals surface area contributed by atoms with Crippen molar-refractivity contribution in [1.29, 1.82) is 0 Å². The number of hydrogen-bond donors (Lipinski definition) is 0. The molecule has 0 N–H and O–H groups in total. The molecule has 0 aliphatic rings. The van der Waals surface area contributed by atoms with Crippen molar-refractivity contribution in [3.05, 3.63) is 78.0 Å². The molecule has 3 nitrogen and oxygen atoms in total. The number of carbonyl (C=O) groups is 1. The Kier molecular flexibility index (Phi) is 4.20. The highest BCUT2D eigenvalue weighted by atomic mass is 16.1. The van der Waals surface area contributed by atoms with Crippen LogP contribution in [0.2, 0.25) is 0 Å². The predicted octanol–water partition coefficient (Wildman–Crippen LogP) is 4.45. The highest BCUT2D eigenvalue weighted by Crippen LogP contribution is 2.25. The van der Waals surface area contributed by atoms with Crippen molar-refractivity contribution in [2.24, 2.45) is 0 Å². The molecule has 3 aromatic rings. The van der Waals surface area contributed by atoms with E-state index in [1.807, 2.05) is 47.3 Å². The normalized spacial score (nSPS) is 11.0. The Bertz CT molecular complexity index is 843. The first-order valence-electron chi connectivity index (χ1n) is 7.54. The number of benzene rings is 2. The number of hydrogen-bond acceptors (Lipinski definition) is 2. The van der Waals surface area contributed by atoms with Gasteiger partial charge in [0.25, 0.3) is 0 Å². The van der Waals surface area contributed by atoms with Crippen molar-refractivity contribution in [2.45, 2.75) is 13.8 Å². The molecule has 0 aliphatic carbocycles. The van der Waals surface area contributed by atoms with E-state index in [-0.39, 0.29) is 5.78 Å². The summed E-state index contributed by atoms with van der Waals surface area (Å²) < 4.78 is 1.84. The molecule has 0 radical (unpaired) electrons. The van der Waals surface area contributed by atoms with Gasteiger partial charge in [-0.2, -0.15) is 5.10 Å². The van der Waals surface area contributed by atoms with Crippen LogP contribution in [-0.4, -0.2) is 15.6 Å². The van der Waals surface area contributed by atoms with Crippen LogP contribution in [0, 0.1) is 6.92 Å². The summed E-state index contributed by atoms with van der Waals surface area (Å²) in [6.45, 7) is 3.60. The second kappa shape index (κ2) is 6.44. The van der Waals surface area contributed by atoms with Crippen LogP contribution >= 0.6 is 0 Å². The molecule has 3 rings (SSSR count). The van der Waals surface area contributed by atoms with Crippen molar-refractivity contribution in [2.75, 3.05) is 0 Å². The second-order valence-corrected chi connectivity index (χ2v) is 5.52. The molecule has 1 aromatic heterocycles. The summed E-state index contributed by atoms with van der Waals surface area (Å²) in [7, 11) is 0. The lowest BCUT2D eigenvalue weighted by Crippen LogP contribution is -1.93. The van der Waals surface area contributed by atoms with E-state index in [2.05, 4.69) is 31.2 Å². The van der Waals surface area contributed by atoms with Gasteiger partial charge in [-0.3, -0.25) is 4.79 Å². The highest BCUT2D eigenvalue weighted by molar-refractivity contribution is 5.92. The fourth-order valence-electron chi connectivity index (χ4n) is 2.37. The third-order valence-corrected chi connectivity index (χ3v) is 3.59. The predicted molar refractivity (Wildman–Crippen MR) is 93.5 cm³/mol. The Morgan fingerprint density at radius 1 is 1.04 bits per heavy atom. The van der Waals surface area contributed by atoms with Gasteiger partial charge in [0, 0.05) is 17.3 Å². The molecule has 0 spiro atoms. The van der Waals surface area contributed by atoms with Gasteiger partial charge >= 0.3 is 0 Å². The molecule has 0 saturated carbocycles. The molecule has 0 amide bonds. The molecular formula is C20H18N2O. The molecule has 1 heterocycles. The number of nitrogens with zero attached hydrogens (tertiary/aromatic N) is 2. The minimum Gasteiger partial charge on any atom is -0.295 e. The molecule has 0 bridgehead atoms. The summed E-state index contributed by atoms with van der Waals surface area (Å²) in [5.41, 5.74) is 5.02. The number of allylic oxidation sites excluding steroid dienone is 1. The summed E-state index contributed by atoms with van der Waals surface area (Å²) in [5.74, 6) is 0.0207. The van der Waals surface area contributed by atoms with Crippen LogP contribution in [0.15, 0.2) is 66.9 Å².